The predicted octanol–water partition coefficient (Wildman–Crippen LogP) is 17.9. The topological polar surface area (TPSA) is 32.8 Å². The molecule has 0 spiro atoms. The Morgan fingerprint density at radius 2 is 0.719 bits per heavy atom. The van der Waals surface area contributed by atoms with E-state index in [1.165, 1.54) is 33.6 Å². The molecule has 314 valence electrons. The third-order valence-electron chi connectivity index (χ3n) is 13.0. The number of hydrogen-bond acceptors (Lipinski definition) is 4. The first-order valence-electron chi connectivity index (χ1n) is 22.4. The Hall–Kier alpha value is -7.30. The van der Waals surface area contributed by atoms with Crippen molar-refractivity contribution >= 4 is 99.5 Å². The van der Waals surface area contributed by atoms with Crippen LogP contribution in [0.15, 0.2) is 179 Å². The highest BCUT2D eigenvalue weighted by Gasteiger charge is 2.26. The van der Waals surface area contributed by atoms with E-state index in [0.29, 0.717) is 0 Å². The highest BCUT2D eigenvalue weighted by Crippen LogP contribution is 2.46. The molecule has 11 aromatic rings. The van der Waals surface area contributed by atoms with Crippen LogP contribution in [-0.2, 0) is 10.8 Å². The van der Waals surface area contributed by atoms with Crippen molar-refractivity contribution in [2.24, 2.45) is 0 Å². The van der Waals surface area contributed by atoms with Gasteiger partial charge in [0, 0.05) is 55.7 Å². The SMILES string of the molecule is Cc1ccc(N(c2ccc3cc4c(cc3c2)oc2ccc3oc5cc6cc(N(c7ccc(C)cc7)c7ccccc7C(C)(C)C)ccc6cc5c3c24)c2ccccc2C(C)(C)C)cc1. The van der Waals surface area contributed by atoms with E-state index in [4.69, 9.17) is 8.83 Å². The molecule has 11 rings (SSSR count). The molecule has 0 atom stereocenters. The molecule has 0 fully saturated rings. The van der Waals surface area contributed by atoms with Crippen LogP contribution in [0.3, 0.4) is 0 Å². The summed E-state index contributed by atoms with van der Waals surface area (Å²) in [7, 11) is 0. The van der Waals surface area contributed by atoms with Gasteiger partial charge in [-0.3, -0.25) is 0 Å². The van der Waals surface area contributed by atoms with Crippen molar-refractivity contribution in [2.45, 2.75) is 66.2 Å². The molecule has 0 aliphatic heterocycles. The summed E-state index contributed by atoms with van der Waals surface area (Å²) >= 11 is 0. The fourth-order valence-corrected chi connectivity index (χ4v) is 9.72. The van der Waals surface area contributed by atoms with E-state index >= 15 is 0 Å². The van der Waals surface area contributed by atoms with Crippen LogP contribution < -0.4 is 9.80 Å². The third kappa shape index (κ3) is 6.68. The first-order valence-corrected chi connectivity index (χ1v) is 22.4. The number of anilines is 6. The van der Waals surface area contributed by atoms with Gasteiger partial charge in [0.05, 0.1) is 0 Å². The Morgan fingerprint density at radius 1 is 0.344 bits per heavy atom. The maximum Gasteiger partial charge on any atom is 0.136 e. The van der Waals surface area contributed by atoms with E-state index in [2.05, 4.69) is 235 Å². The molecule has 4 heteroatoms. The van der Waals surface area contributed by atoms with E-state index in [9.17, 15) is 0 Å². The first-order chi connectivity index (χ1) is 30.8. The Kier molecular flexibility index (Phi) is 9.04. The van der Waals surface area contributed by atoms with Crippen molar-refractivity contribution in [2.75, 3.05) is 9.80 Å². The smallest absolute Gasteiger partial charge is 0.136 e. The van der Waals surface area contributed by atoms with E-state index in [1.54, 1.807) is 0 Å². The maximum atomic E-state index is 6.73. The lowest BCUT2D eigenvalue weighted by atomic mass is 9.85. The number of furan rings is 2. The number of para-hydroxylation sites is 2. The van der Waals surface area contributed by atoms with Gasteiger partial charge in [0.25, 0.3) is 0 Å². The Morgan fingerprint density at radius 3 is 1.11 bits per heavy atom. The number of benzene rings is 9. The molecule has 0 saturated carbocycles. The fraction of sp³-hybridized carbons (Fsp3) is 0.167. The molecule has 2 heterocycles. The van der Waals surface area contributed by atoms with E-state index < -0.39 is 0 Å². The van der Waals surface area contributed by atoms with Crippen molar-refractivity contribution in [3.8, 4) is 0 Å². The lowest BCUT2D eigenvalue weighted by Crippen LogP contribution is -2.19. The second kappa shape index (κ2) is 14.6. The molecule has 64 heavy (non-hydrogen) atoms. The summed E-state index contributed by atoms with van der Waals surface area (Å²) in [4.78, 5) is 4.78. The molecule has 0 amide bonds. The molecule has 2 aromatic heterocycles. The first kappa shape index (κ1) is 39.5. The van der Waals surface area contributed by atoms with Crippen LogP contribution in [0.4, 0.5) is 34.1 Å². The molecule has 0 unspecified atom stereocenters. The number of aryl methyl sites for hydroxylation is 2. The minimum absolute atomic E-state index is 0.0453. The quantitative estimate of drug-likeness (QED) is 0.167. The second-order valence-electron chi connectivity index (χ2n) is 19.7. The van der Waals surface area contributed by atoms with Gasteiger partial charge in [0.15, 0.2) is 0 Å². The second-order valence-corrected chi connectivity index (χ2v) is 19.7. The van der Waals surface area contributed by atoms with Gasteiger partial charge in [0.2, 0.25) is 0 Å². The van der Waals surface area contributed by atoms with Gasteiger partial charge in [0.1, 0.15) is 22.3 Å². The highest BCUT2D eigenvalue weighted by atomic mass is 16.3. The summed E-state index contributed by atoms with van der Waals surface area (Å²) in [6.07, 6.45) is 0. The van der Waals surface area contributed by atoms with Crippen LogP contribution in [-0.4, -0.2) is 0 Å². The van der Waals surface area contributed by atoms with Crippen LogP contribution >= 0.6 is 0 Å². The third-order valence-corrected chi connectivity index (χ3v) is 13.0. The zero-order chi connectivity index (χ0) is 44.1. The standard InChI is InChI=1S/C60H52N2O2/c1-37-17-23-43(24-18-37)61(51-15-11-9-13-49(51)59(3,4)5)45-27-21-39-33-47-55(35-41(39)31-45)63-53-29-30-54-58(57(47)53)48-34-40-22-28-46(32-42(40)36-56(48)64-54)62(44-25-19-38(2)20-26-44)52-16-12-10-14-50(52)60(6,7)8/h9-36H,1-8H3. The summed E-state index contributed by atoms with van der Waals surface area (Å²) in [5.74, 6) is 0. The van der Waals surface area contributed by atoms with Crippen molar-refractivity contribution in [3.05, 3.63) is 192 Å². The number of fused-ring (bicyclic) bond motifs is 9. The van der Waals surface area contributed by atoms with Crippen molar-refractivity contribution < 1.29 is 8.83 Å². The molecule has 0 aliphatic rings. The average molecular weight is 833 g/mol. The molecule has 0 radical (unpaired) electrons. The Bertz CT molecular complexity index is 3350. The summed E-state index contributed by atoms with van der Waals surface area (Å²) in [6.45, 7) is 18.0. The van der Waals surface area contributed by atoms with Crippen LogP contribution in [0.1, 0.15) is 63.8 Å². The van der Waals surface area contributed by atoms with Gasteiger partial charge in [-0.05, 0) is 154 Å². The highest BCUT2D eigenvalue weighted by molar-refractivity contribution is 6.28. The van der Waals surface area contributed by atoms with Gasteiger partial charge < -0.3 is 18.6 Å². The summed E-state index contributed by atoms with van der Waals surface area (Å²) in [6, 6.07) is 61.9. The lowest BCUT2D eigenvalue weighted by Gasteiger charge is -2.32. The van der Waals surface area contributed by atoms with Gasteiger partial charge in [-0.25, -0.2) is 0 Å². The molecule has 0 saturated heterocycles. The largest absolute Gasteiger partial charge is 0.456 e. The molecule has 0 aliphatic carbocycles. The van der Waals surface area contributed by atoms with E-state index in [0.717, 1.165) is 88.2 Å². The van der Waals surface area contributed by atoms with Crippen LogP contribution in [0.2, 0.25) is 0 Å². The molecular weight excluding hydrogens is 781 g/mol. The summed E-state index contributed by atoms with van der Waals surface area (Å²) in [5.41, 5.74) is 15.2. The number of hydrogen-bond donors (Lipinski definition) is 0. The van der Waals surface area contributed by atoms with Crippen molar-refractivity contribution in [3.63, 3.8) is 0 Å². The summed E-state index contributed by atoms with van der Waals surface area (Å²) in [5, 5.41) is 8.87. The normalized spacial score (nSPS) is 12.4. The molecule has 0 N–H and O–H groups in total. The number of rotatable bonds is 6. The number of nitrogens with zero attached hydrogens (tertiary/aromatic N) is 2. The fourth-order valence-electron chi connectivity index (χ4n) is 9.72. The van der Waals surface area contributed by atoms with E-state index in [1.807, 2.05) is 0 Å². The molecule has 0 bridgehead atoms. The lowest BCUT2D eigenvalue weighted by molar-refractivity contribution is 0.590. The van der Waals surface area contributed by atoms with Gasteiger partial charge in [-0.15, -0.1) is 0 Å². The molecular formula is C60H52N2O2. The van der Waals surface area contributed by atoms with Crippen LogP contribution in [0, 0.1) is 13.8 Å². The maximum absolute atomic E-state index is 6.73. The van der Waals surface area contributed by atoms with Crippen molar-refractivity contribution in [1.82, 2.24) is 0 Å². The van der Waals surface area contributed by atoms with Gasteiger partial charge in [-0.1, -0.05) is 125 Å². The zero-order valence-corrected chi connectivity index (χ0v) is 37.9. The van der Waals surface area contributed by atoms with Crippen molar-refractivity contribution in [1.29, 1.82) is 0 Å². The minimum Gasteiger partial charge on any atom is -0.456 e. The molecule has 4 nitrogen and oxygen atoms in total. The average Bonchev–Trinajstić information content (AvgIpc) is 3.82. The van der Waals surface area contributed by atoms with Crippen LogP contribution in [0.25, 0.3) is 65.4 Å². The summed E-state index contributed by atoms with van der Waals surface area (Å²) < 4.78 is 13.5. The monoisotopic (exact) mass is 832 g/mol. The molecule has 9 aromatic carbocycles. The predicted molar refractivity (Wildman–Crippen MR) is 272 cm³/mol. The van der Waals surface area contributed by atoms with E-state index in [-0.39, 0.29) is 10.8 Å². The Balaban J connectivity index is 1.05. The minimum atomic E-state index is -0.0453. The zero-order valence-electron chi connectivity index (χ0n) is 37.9. The van der Waals surface area contributed by atoms with Gasteiger partial charge >= 0.3 is 0 Å². The Labute approximate surface area is 375 Å². The van der Waals surface area contributed by atoms with Crippen LogP contribution in [0.5, 0.6) is 0 Å². The van der Waals surface area contributed by atoms with Gasteiger partial charge in [-0.2, -0.15) is 0 Å².